The third-order valence-corrected chi connectivity index (χ3v) is 3.90. The zero-order valence-electron chi connectivity index (χ0n) is 13.4. The summed E-state index contributed by atoms with van der Waals surface area (Å²) in [6, 6.07) is 10.4. The molecule has 0 aliphatic heterocycles. The van der Waals surface area contributed by atoms with E-state index in [-0.39, 0.29) is 16.9 Å². The van der Waals surface area contributed by atoms with E-state index in [1.165, 1.54) is 30.3 Å². The molecule has 0 saturated heterocycles. The van der Waals surface area contributed by atoms with Crippen LogP contribution in [-0.2, 0) is 6.54 Å². The summed E-state index contributed by atoms with van der Waals surface area (Å²) in [5.74, 6) is -1.68. The van der Waals surface area contributed by atoms with E-state index in [1.54, 1.807) is 22.9 Å². The topological polar surface area (TPSA) is 94.5 Å². The van der Waals surface area contributed by atoms with Gasteiger partial charge in [0.2, 0.25) is 0 Å². The van der Waals surface area contributed by atoms with Gasteiger partial charge in [-0.2, -0.15) is 8.78 Å². The number of ether oxygens (including phenoxy) is 1. The summed E-state index contributed by atoms with van der Waals surface area (Å²) in [5.41, 5.74) is 7.03. The minimum atomic E-state index is -2.90. The van der Waals surface area contributed by atoms with Crippen molar-refractivity contribution < 1.29 is 28.2 Å². The van der Waals surface area contributed by atoms with Gasteiger partial charge in [0.1, 0.15) is 5.75 Å². The summed E-state index contributed by atoms with van der Waals surface area (Å²) < 4.78 is 30.4. The van der Waals surface area contributed by atoms with Crippen LogP contribution in [0, 0.1) is 0 Å². The number of aromatic nitrogens is 1. The first-order chi connectivity index (χ1) is 12.3. The molecule has 8 heteroatoms. The largest absolute Gasteiger partial charge is 0.478 e. The fourth-order valence-corrected chi connectivity index (χ4v) is 2.73. The second kappa shape index (κ2) is 6.83. The standard InChI is InChI=1S/C18H14F2N2O4/c19-18(20)26-12-4-1-10(2-5-12)8-22-9-14(16(21)23)13-6-3-11(17(24)25)7-15(13)22/h1-7,9,18H,8H2,(H2,21,23)(H,24,25). The van der Waals surface area contributed by atoms with Gasteiger partial charge in [0, 0.05) is 23.6 Å². The number of alkyl halides is 2. The van der Waals surface area contributed by atoms with E-state index in [0.717, 1.165) is 5.56 Å². The first-order valence-corrected chi connectivity index (χ1v) is 7.55. The van der Waals surface area contributed by atoms with Crippen LogP contribution in [0.3, 0.4) is 0 Å². The van der Waals surface area contributed by atoms with Crippen molar-refractivity contribution in [3.05, 3.63) is 65.4 Å². The van der Waals surface area contributed by atoms with Gasteiger partial charge in [-0.3, -0.25) is 4.79 Å². The lowest BCUT2D eigenvalue weighted by Gasteiger charge is -2.08. The van der Waals surface area contributed by atoms with E-state index < -0.39 is 18.5 Å². The minimum absolute atomic E-state index is 0.0344. The maximum absolute atomic E-state index is 12.2. The average molecular weight is 360 g/mol. The van der Waals surface area contributed by atoms with Crippen molar-refractivity contribution in [2.45, 2.75) is 13.2 Å². The average Bonchev–Trinajstić information content (AvgIpc) is 2.94. The normalized spacial score (nSPS) is 11.0. The molecule has 1 heterocycles. The van der Waals surface area contributed by atoms with Crippen LogP contribution in [0.1, 0.15) is 26.3 Å². The molecule has 1 amide bonds. The third kappa shape index (κ3) is 3.49. The summed E-state index contributed by atoms with van der Waals surface area (Å²) in [6.45, 7) is -2.61. The molecule has 0 spiro atoms. The van der Waals surface area contributed by atoms with Gasteiger partial charge in [-0.15, -0.1) is 0 Å². The van der Waals surface area contributed by atoms with Crippen LogP contribution in [0.15, 0.2) is 48.7 Å². The number of rotatable bonds is 6. The molecular formula is C18H14F2N2O4. The Balaban J connectivity index is 1.99. The number of primary amides is 1. The Bertz CT molecular complexity index is 981. The fraction of sp³-hybridized carbons (Fsp3) is 0.111. The highest BCUT2D eigenvalue weighted by Crippen LogP contribution is 2.24. The van der Waals surface area contributed by atoms with Crippen LogP contribution in [0.5, 0.6) is 5.75 Å². The number of hydrogen-bond donors (Lipinski definition) is 2. The van der Waals surface area contributed by atoms with Crippen LogP contribution < -0.4 is 10.5 Å². The van der Waals surface area contributed by atoms with Gasteiger partial charge in [-0.05, 0) is 29.8 Å². The van der Waals surface area contributed by atoms with Crippen LogP contribution >= 0.6 is 0 Å². The SMILES string of the molecule is NC(=O)c1cn(Cc2ccc(OC(F)F)cc2)c2cc(C(=O)O)ccc12. The van der Waals surface area contributed by atoms with Crippen molar-refractivity contribution in [2.75, 3.05) is 0 Å². The molecule has 6 nitrogen and oxygen atoms in total. The van der Waals surface area contributed by atoms with Crippen LogP contribution in [0.4, 0.5) is 8.78 Å². The molecule has 134 valence electrons. The number of carbonyl (C=O) groups is 2. The first-order valence-electron chi connectivity index (χ1n) is 7.55. The highest BCUT2D eigenvalue weighted by molar-refractivity contribution is 6.07. The number of halogens is 2. The van der Waals surface area contributed by atoms with E-state index in [0.29, 0.717) is 17.4 Å². The molecule has 0 unspecified atom stereocenters. The van der Waals surface area contributed by atoms with Gasteiger partial charge in [-0.1, -0.05) is 18.2 Å². The molecule has 0 saturated carbocycles. The van der Waals surface area contributed by atoms with E-state index in [1.807, 2.05) is 0 Å². The lowest BCUT2D eigenvalue weighted by molar-refractivity contribution is -0.0498. The van der Waals surface area contributed by atoms with Crippen molar-refractivity contribution in [2.24, 2.45) is 5.73 Å². The summed E-state index contributed by atoms with van der Waals surface area (Å²) in [5, 5.41) is 9.71. The number of nitrogens with two attached hydrogens (primary N) is 1. The van der Waals surface area contributed by atoms with Gasteiger partial charge in [0.05, 0.1) is 11.1 Å². The highest BCUT2D eigenvalue weighted by Gasteiger charge is 2.15. The number of nitrogens with zero attached hydrogens (tertiary/aromatic N) is 1. The Morgan fingerprint density at radius 2 is 1.85 bits per heavy atom. The van der Waals surface area contributed by atoms with Crippen molar-refractivity contribution in [1.82, 2.24) is 4.57 Å². The number of carboxylic acid groups (broad SMARTS) is 1. The lowest BCUT2D eigenvalue weighted by atomic mass is 10.1. The van der Waals surface area contributed by atoms with Crippen LogP contribution in [-0.4, -0.2) is 28.2 Å². The Hall–Kier alpha value is -3.42. The summed E-state index contributed by atoms with van der Waals surface area (Å²) in [7, 11) is 0. The Kier molecular flexibility index (Phi) is 4.57. The van der Waals surface area contributed by atoms with Crippen molar-refractivity contribution >= 4 is 22.8 Å². The molecule has 0 radical (unpaired) electrons. The molecule has 1 aromatic heterocycles. The van der Waals surface area contributed by atoms with Gasteiger partial charge in [0.25, 0.3) is 5.91 Å². The molecule has 0 aliphatic rings. The smallest absolute Gasteiger partial charge is 0.387 e. The number of amides is 1. The molecule has 3 rings (SSSR count). The zero-order chi connectivity index (χ0) is 18.8. The lowest BCUT2D eigenvalue weighted by Crippen LogP contribution is -2.10. The minimum Gasteiger partial charge on any atom is -0.478 e. The quantitative estimate of drug-likeness (QED) is 0.706. The molecular weight excluding hydrogens is 346 g/mol. The highest BCUT2D eigenvalue weighted by atomic mass is 19.3. The maximum Gasteiger partial charge on any atom is 0.387 e. The van der Waals surface area contributed by atoms with Gasteiger partial charge >= 0.3 is 12.6 Å². The van der Waals surface area contributed by atoms with Crippen LogP contribution in [0.2, 0.25) is 0 Å². The number of aromatic carboxylic acids is 1. The van der Waals surface area contributed by atoms with E-state index in [2.05, 4.69) is 4.74 Å². The Labute approximate surface area is 146 Å². The number of carboxylic acids is 1. The molecule has 2 aromatic carbocycles. The van der Waals surface area contributed by atoms with Crippen molar-refractivity contribution in [3.8, 4) is 5.75 Å². The predicted octanol–water partition coefficient (Wildman–Crippen LogP) is 3.09. The van der Waals surface area contributed by atoms with Gasteiger partial charge in [0.15, 0.2) is 0 Å². The monoisotopic (exact) mass is 360 g/mol. The van der Waals surface area contributed by atoms with Crippen LogP contribution in [0.25, 0.3) is 10.9 Å². The second-order valence-electron chi connectivity index (χ2n) is 5.59. The predicted molar refractivity (Wildman–Crippen MR) is 89.6 cm³/mol. The Morgan fingerprint density at radius 3 is 2.42 bits per heavy atom. The summed E-state index contributed by atoms with van der Waals surface area (Å²) in [6.07, 6.45) is 1.54. The number of benzene rings is 2. The molecule has 0 fully saturated rings. The molecule has 0 aliphatic carbocycles. The molecule has 3 aromatic rings. The van der Waals surface area contributed by atoms with E-state index in [9.17, 15) is 18.4 Å². The third-order valence-electron chi connectivity index (χ3n) is 3.90. The van der Waals surface area contributed by atoms with Gasteiger partial charge in [-0.25, -0.2) is 4.79 Å². The number of hydrogen-bond acceptors (Lipinski definition) is 3. The summed E-state index contributed by atoms with van der Waals surface area (Å²) >= 11 is 0. The molecule has 0 bridgehead atoms. The van der Waals surface area contributed by atoms with E-state index >= 15 is 0 Å². The van der Waals surface area contributed by atoms with Crippen molar-refractivity contribution in [1.29, 1.82) is 0 Å². The molecule has 3 N–H and O–H groups in total. The van der Waals surface area contributed by atoms with E-state index in [4.69, 9.17) is 10.8 Å². The van der Waals surface area contributed by atoms with Crippen molar-refractivity contribution in [3.63, 3.8) is 0 Å². The Morgan fingerprint density at radius 1 is 1.15 bits per heavy atom. The fourth-order valence-electron chi connectivity index (χ4n) is 2.73. The first kappa shape index (κ1) is 17.4. The molecule has 26 heavy (non-hydrogen) atoms. The maximum atomic E-state index is 12.2. The molecule has 0 atom stereocenters. The number of carbonyl (C=O) groups excluding carboxylic acids is 1. The summed E-state index contributed by atoms with van der Waals surface area (Å²) in [4.78, 5) is 22.9. The number of fused-ring (bicyclic) bond motifs is 1. The van der Waals surface area contributed by atoms with Gasteiger partial charge < -0.3 is 20.1 Å². The second-order valence-corrected chi connectivity index (χ2v) is 5.59. The zero-order valence-corrected chi connectivity index (χ0v) is 13.4.